The van der Waals surface area contributed by atoms with Crippen LogP contribution < -0.4 is 14.4 Å². The molecule has 0 bridgehead atoms. The number of Topliss-reactive ketones (excluding diaryl/α,β-unsaturated/α-hetero) is 1. The van der Waals surface area contributed by atoms with Crippen LogP contribution in [0.2, 0.25) is 0 Å². The Morgan fingerprint density at radius 2 is 2.07 bits per heavy atom. The highest BCUT2D eigenvalue weighted by Crippen LogP contribution is 2.44. The molecule has 2 aromatic rings. The molecule has 0 radical (unpaired) electrons. The lowest BCUT2D eigenvalue weighted by atomic mass is 9.93. The van der Waals surface area contributed by atoms with Crippen molar-refractivity contribution in [3.8, 4) is 11.5 Å². The summed E-state index contributed by atoms with van der Waals surface area (Å²) in [4.78, 5) is 31.4. The van der Waals surface area contributed by atoms with Gasteiger partial charge < -0.3 is 14.6 Å². The SMILES string of the molecule is CC(C)CC(=O)C1=C(O)C(=O)N(c2ccc3c(c2)OCO3)C1c1cccnc1. The van der Waals surface area contributed by atoms with Crippen molar-refractivity contribution in [1.29, 1.82) is 0 Å². The molecule has 0 saturated carbocycles. The van der Waals surface area contributed by atoms with Crippen molar-refractivity contribution < 1.29 is 24.2 Å². The number of aliphatic hydroxyl groups is 1. The number of carbonyl (C=O) groups excluding carboxylic acids is 2. The van der Waals surface area contributed by atoms with Crippen LogP contribution in [0.1, 0.15) is 31.9 Å². The van der Waals surface area contributed by atoms with Gasteiger partial charge in [-0.1, -0.05) is 19.9 Å². The number of ketones is 1. The molecule has 2 aliphatic rings. The van der Waals surface area contributed by atoms with E-state index in [0.717, 1.165) is 0 Å². The molecular weight excluding hydrogens is 360 g/mol. The van der Waals surface area contributed by atoms with Crippen LogP contribution in [0.5, 0.6) is 11.5 Å². The van der Waals surface area contributed by atoms with Gasteiger partial charge >= 0.3 is 0 Å². The summed E-state index contributed by atoms with van der Waals surface area (Å²) in [5.74, 6) is -0.203. The van der Waals surface area contributed by atoms with E-state index in [1.54, 1.807) is 42.7 Å². The van der Waals surface area contributed by atoms with Crippen molar-refractivity contribution in [2.24, 2.45) is 5.92 Å². The van der Waals surface area contributed by atoms with E-state index >= 15 is 0 Å². The fraction of sp³-hybridized carbons (Fsp3) is 0.286. The van der Waals surface area contributed by atoms with Gasteiger partial charge in [0.15, 0.2) is 23.0 Å². The summed E-state index contributed by atoms with van der Waals surface area (Å²) in [5, 5.41) is 10.6. The standard InChI is InChI=1S/C21H20N2O5/c1-12(2)8-15(24)18-19(13-4-3-7-22-10-13)23(21(26)20(18)25)14-5-6-16-17(9-14)28-11-27-16/h3-7,9-10,12,19,25H,8,11H2,1-2H3. The molecule has 28 heavy (non-hydrogen) atoms. The van der Waals surface area contributed by atoms with Gasteiger partial charge in [-0.05, 0) is 29.7 Å². The fourth-order valence-corrected chi connectivity index (χ4v) is 3.53. The maximum atomic E-state index is 13.0. The number of nitrogens with zero attached hydrogens (tertiary/aromatic N) is 2. The van der Waals surface area contributed by atoms with Gasteiger partial charge in [-0.3, -0.25) is 19.5 Å². The maximum Gasteiger partial charge on any atom is 0.294 e. The number of hydrogen-bond donors (Lipinski definition) is 1. The first-order valence-corrected chi connectivity index (χ1v) is 9.07. The van der Waals surface area contributed by atoms with Gasteiger partial charge in [-0.15, -0.1) is 0 Å². The van der Waals surface area contributed by atoms with Crippen molar-refractivity contribution >= 4 is 17.4 Å². The van der Waals surface area contributed by atoms with E-state index in [-0.39, 0.29) is 30.5 Å². The Morgan fingerprint density at radius 3 is 2.79 bits per heavy atom. The second kappa shape index (κ2) is 6.99. The maximum absolute atomic E-state index is 13.0. The predicted molar refractivity (Wildman–Crippen MR) is 101 cm³/mol. The van der Waals surface area contributed by atoms with Gasteiger partial charge in [0.05, 0.1) is 11.6 Å². The molecule has 2 aliphatic heterocycles. The van der Waals surface area contributed by atoms with E-state index in [9.17, 15) is 14.7 Å². The molecule has 1 aromatic heterocycles. The van der Waals surface area contributed by atoms with Gasteiger partial charge in [0, 0.05) is 30.6 Å². The van der Waals surface area contributed by atoms with Crippen molar-refractivity contribution in [3.63, 3.8) is 0 Å². The average molecular weight is 380 g/mol. The highest BCUT2D eigenvalue weighted by Gasteiger charge is 2.44. The number of carbonyl (C=O) groups is 2. The Balaban J connectivity index is 1.82. The molecule has 1 amide bonds. The Bertz CT molecular complexity index is 968. The molecule has 1 aromatic carbocycles. The highest BCUT2D eigenvalue weighted by molar-refractivity contribution is 6.16. The molecule has 0 aliphatic carbocycles. The van der Waals surface area contributed by atoms with Crippen LogP contribution in [0, 0.1) is 5.92 Å². The van der Waals surface area contributed by atoms with Crippen LogP contribution >= 0.6 is 0 Å². The van der Waals surface area contributed by atoms with E-state index < -0.39 is 17.7 Å². The molecule has 0 spiro atoms. The van der Waals surface area contributed by atoms with Crippen LogP contribution in [0.4, 0.5) is 5.69 Å². The molecule has 1 N–H and O–H groups in total. The molecule has 3 heterocycles. The number of rotatable bonds is 5. The molecule has 0 fully saturated rings. The van der Waals surface area contributed by atoms with E-state index in [0.29, 0.717) is 22.7 Å². The highest BCUT2D eigenvalue weighted by atomic mass is 16.7. The number of pyridine rings is 1. The molecule has 7 nitrogen and oxygen atoms in total. The first kappa shape index (κ1) is 18.0. The third kappa shape index (κ3) is 2.98. The quantitative estimate of drug-likeness (QED) is 0.856. The molecular formula is C21H20N2O5. The number of benzene rings is 1. The second-order valence-corrected chi connectivity index (χ2v) is 7.19. The van der Waals surface area contributed by atoms with Crippen molar-refractivity contribution in [2.45, 2.75) is 26.3 Å². The molecule has 7 heteroatoms. The number of anilines is 1. The van der Waals surface area contributed by atoms with Gasteiger partial charge in [0.2, 0.25) is 6.79 Å². The lowest BCUT2D eigenvalue weighted by Crippen LogP contribution is -2.31. The van der Waals surface area contributed by atoms with Gasteiger partial charge in [0.25, 0.3) is 5.91 Å². The van der Waals surface area contributed by atoms with E-state index in [1.165, 1.54) is 4.90 Å². The smallest absolute Gasteiger partial charge is 0.294 e. The number of ether oxygens (including phenoxy) is 2. The minimum atomic E-state index is -0.757. The number of aromatic nitrogens is 1. The topological polar surface area (TPSA) is 89.0 Å². The Hall–Kier alpha value is -3.35. The predicted octanol–water partition coefficient (Wildman–Crippen LogP) is 3.33. The summed E-state index contributed by atoms with van der Waals surface area (Å²) in [5.41, 5.74) is 1.25. The third-order valence-electron chi connectivity index (χ3n) is 4.74. The zero-order valence-electron chi connectivity index (χ0n) is 15.6. The van der Waals surface area contributed by atoms with Crippen LogP contribution in [-0.2, 0) is 9.59 Å². The minimum absolute atomic E-state index is 0.0945. The van der Waals surface area contributed by atoms with Gasteiger partial charge in [-0.2, -0.15) is 0 Å². The summed E-state index contributed by atoms with van der Waals surface area (Å²) in [6.45, 7) is 3.95. The monoisotopic (exact) mass is 380 g/mol. The number of aliphatic hydroxyl groups excluding tert-OH is 1. The molecule has 1 atom stereocenters. The largest absolute Gasteiger partial charge is 0.503 e. The Kier molecular flexibility index (Phi) is 4.50. The lowest BCUT2D eigenvalue weighted by molar-refractivity contribution is -0.118. The number of fused-ring (bicyclic) bond motifs is 1. The number of amides is 1. The van der Waals surface area contributed by atoms with E-state index in [4.69, 9.17) is 9.47 Å². The van der Waals surface area contributed by atoms with Crippen molar-refractivity contribution in [1.82, 2.24) is 4.98 Å². The second-order valence-electron chi connectivity index (χ2n) is 7.19. The summed E-state index contributed by atoms with van der Waals surface area (Å²) in [6.07, 6.45) is 3.45. The summed E-state index contributed by atoms with van der Waals surface area (Å²) < 4.78 is 10.7. The minimum Gasteiger partial charge on any atom is -0.503 e. The Labute approximate surface area is 162 Å². The van der Waals surface area contributed by atoms with Crippen LogP contribution in [-0.4, -0.2) is 28.6 Å². The third-order valence-corrected chi connectivity index (χ3v) is 4.74. The number of hydrogen-bond acceptors (Lipinski definition) is 6. The summed E-state index contributed by atoms with van der Waals surface area (Å²) in [7, 11) is 0. The zero-order valence-corrected chi connectivity index (χ0v) is 15.6. The first-order valence-electron chi connectivity index (χ1n) is 9.07. The van der Waals surface area contributed by atoms with Gasteiger partial charge in [-0.25, -0.2) is 0 Å². The zero-order chi connectivity index (χ0) is 19.8. The Morgan fingerprint density at radius 1 is 1.29 bits per heavy atom. The summed E-state index contributed by atoms with van der Waals surface area (Å²) in [6, 6.07) is 7.85. The van der Waals surface area contributed by atoms with Gasteiger partial charge in [0.1, 0.15) is 0 Å². The first-order chi connectivity index (χ1) is 13.5. The van der Waals surface area contributed by atoms with Crippen molar-refractivity contribution in [3.05, 3.63) is 59.6 Å². The molecule has 4 rings (SSSR count). The molecule has 0 saturated heterocycles. The van der Waals surface area contributed by atoms with Crippen LogP contribution in [0.25, 0.3) is 0 Å². The lowest BCUT2D eigenvalue weighted by Gasteiger charge is -2.27. The summed E-state index contributed by atoms with van der Waals surface area (Å²) >= 11 is 0. The van der Waals surface area contributed by atoms with E-state index in [2.05, 4.69) is 4.98 Å². The normalized spacial score (nSPS) is 18.3. The van der Waals surface area contributed by atoms with Crippen molar-refractivity contribution in [2.75, 3.05) is 11.7 Å². The molecule has 144 valence electrons. The van der Waals surface area contributed by atoms with Crippen LogP contribution in [0.3, 0.4) is 0 Å². The average Bonchev–Trinajstić information content (AvgIpc) is 3.24. The van der Waals surface area contributed by atoms with E-state index in [1.807, 2.05) is 13.8 Å². The molecule has 1 unspecified atom stereocenters. The fourth-order valence-electron chi connectivity index (χ4n) is 3.53. The van der Waals surface area contributed by atoms with Crippen LogP contribution in [0.15, 0.2) is 54.1 Å².